The molecule has 0 aromatic carbocycles. The predicted molar refractivity (Wildman–Crippen MR) is 73.0 cm³/mol. The van der Waals surface area contributed by atoms with Gasteiger partial charge in [-0.3, -0.25) is 14.3 Å². The number of nitrogens with one attached hydrogen (secondary N) is 1. The Morgan fingerprint density at radius 2 is 1.86 bits per heavy atom. The van der Waals surface area contributed by atoms with E-state index < -0.39 is 42.4 Å². The number of rotatable bonds is 2. The number of hydrogen-bond donors (Lipinski definition) is 4. The smallest absolute Gasteiger partial charge is 0.330 e. The molecule has 22 heavy (non-hydrogen) atoms. The van der Waals surface area contributed by atoms with Crippen LogP contribution in [-0.4, -0.2) is 49.8 Å². The average Bonchev–Trinajstić information content (AvgIpc) is 3.14. The topological polar surface area (TPSA) is 138 Å². The van der Waals surface area contributed by atoms with Crippen LogP contribution in [0, 0.1) is 0 Å². The van der Waals surface area contributed by atoms with Crippen molar-refractivity contribution >= 4 is 0 Å². The molecule has 0 radical (unpaired) electrons. The highest BCUT2D eigenvalue weighted by molar-refractivity contribution is 4.92. The third kappa shape index (κ3) is 3.52. The Labute approximate surface area is 124 Å². The third-order valence-electron chi connectivity index (χ3n) is 3.07. The van der Waals surface area contributed by atoms with Crippen molar-refractivity contribution in [3.05, 3.63) is 57.8 Å². The van der Waals surface area contributed by atoms with E-state index in [0.717, 1.165) is 16.8 Å². The number of aliphatic hydroxyl groups is 3. The number of aromatic nitrogens is 2. The molecule has 3 heterocycles. The number of ether oxygens (including phenoxy) is 1. The largest absolute Gasteiger partial charge is 0.473 e. The molecule has 0 amide bonds. The van der Waals surface area contributed by atoms with Crippen molar-refractivity contribution in [1.29, 1.82) is 0 Å². The first-order chi connectivity index (χ1) is 10.5. The van der Waals surface area contributed by atoms with Gasteiger partial charge in [-0.1, -0.05) is 0 Å². The molecule has 9 heteroatoms. The first kappa shape index (κ1) is 16.2. The van der Waals surface area contributed by atoms with E-state index >= 15 is 0 Å². The molecule has 9 nitrogen and oxygen atoms in total. The molecule has 1 aliphatic rings. The summed E-state index contributed by atoms with van der Waals surface area (Å²) in [6, 6.07) is 4.76. The molecule has 0 spiro atoms. The minimum absolute atomic E-state index is 0.479. The van der Waals surface area contributed by atoms with Crippen molar-refractivity contribution in [1.82, 2.24) is 9.55 Å². The van der Waals surface area contributed by atoms with E-state index in [2.05, 4.69) is 4.42 Å². The fourth-order valence-corrected chi connectivity index (χ4v) is 1.96. The Kier molecular flexibility index (Phi) is 5.28. The molecule has 1 aliphatic heterocycles. The summed E-state index contributed by atoms with van der Waals surface area (Å²) < 4.78 is 10.7. The Morgan fingerprint density at radius 1 is 1.18 bits per heavy atom. The van der Waals surface area contributed by atoms with Crippen LogP contribution in [0.5, 0.6) is 0 Å². The SMILES string of the molecule is O=c1ccn([C@@H]2O[C@H](CO)[C@@H](O)[C@H]2O)c(=O)[nH]1.c1ccoc1. The first-order valence-electron chi connectivity index (χ1n) is 6.45. The highest BCUT2D eigenvalue weighted by Crippen LogP contribution is 2.27. The standard InChI is InChI=1S/C9H12N2O6.C4H4O/c12-3-4-6(14)7(15)8(17-4)11-2-1-5(13)10-9(11)16;1-2-4-5-3-1/h1-2,4,6-8,12,14-15H,3H2,(H,10,13,16);1-4H/t4-,6-,7-,8-;/m1./s1. The van der Waals surface area contributed by atoms with Gasteiger partial charge >= 0.3 is 5.69 Å². The van der Waals surface area contributed by atoms with Crippen LogP contribution >= 0.6 is 0 Å². The van der Waals surface area contributed by atoms with Crippen LogP contribution in [-0.2, 0) is 4.74 Å². The third-order valence-corrected chi connectivity index (χ3v) is 3.07. The van der Waals surface area contributed by atoms with E-state index in [-0.39, 0.29) is 0 Å². The van der Waals surface area contributed by atoms with Gasteiger partial charge in [0.25, 0.3) is 5.56 Å². The van der Waals surface area contributed by atoms with Gasteiger partial charge in [-0.25, -0.2) is 4.79 Å². The highest BCUT2D eigenvalue weighted by atomic mass is 16.6. The summed E-state index contributed by atoms with van der Waals surface area (Å²) in [5, 5.41) is 28.1. The van der Waals surface area contributed by atoms with E-state index in [9.17, 15) is 19.8 Å². The van der Waals surface area contributed by atoms with Gasteiger partial charge in [0, 0.05) is 12.3 Å². The van der Waals surface area contributed by atoms with Crippen LogP contribution < -0.4 is 11.2 Å². The van der Waals surface area contributed by atoms with Crippen LogP contribution in [0.1, 0.15) is 6.23 Å². The molecule has 0 bridgehead atoms. The number of aliphatic hydroxyl groups excluding tert-OH is 3. The quantitative estimate of drug-likeness (QED) is 0.525. The second kappa shape index (κ2) is 7.18. The van der Waals surface area contributed by atoms with Gasteiger partial charge in [-0.2, -0.15) is 0 Å². The average molecular weight is 312 g/mol. The van der Waals surface area contributed by atoms with E-state index in [1.165, 1.54) is 0 Å². The Morgan fingerprint density at radius 3 is 2.32 bits per heavy atom. The molecular formula is C13H16N2O7. The molecule has 1 saturated heterocycles. The lowest BCUT2D eigenvalue weighted by atomic mass is 10.1. The second-order valence-corrected chi connectivity index (χ2v) is 4.54. The van der Waals surface area contributed by atoms with Gasteiger partial charge in [0.05, 0.1) is 19.1 Å². The summed E-state index contributed by atoms with van der Waals surface area (Å²) in [6.45, 7) is -0.479. The van der Waals surface area contributed by atoms with Crippen LogP contribution in [0.4, 0.5) is 0 Å². The second-order valence-electron chi connectivity index (χ2n) is 4.54. The van der Waals surface area contributed by atoms with Crippen LogP contribution in [0.3, 0.4) is 0 Å². The number of hydrogen-bond acceptors (Lipinski definition) is 7. The minimum atomic E-state index is -1.35. The monoisotopic (exact) mass is 312 g/mol. The van der Waals surface area contributed by atoms with Crippen LogP contribution in [0.25, 0.3) is 0 Å². The predicted octanol–water partition coefficient (Wildman–Crippen LogP) is -1.57. The lowest BCUT2D eigenvalue weighted by molar-refractivity contribution is -0.0550. The number of H-pyrrole nitrogens is 1. The number of aromatic amines is 1. The zero-order valence-corrected chi connectivity index (χ0v) is 11.4. The maximum Gasteiger partial charge on any atom is 0.330 e. The van der Waals surface area contributed by atoms with Crippen LogP contribution in [0.2, 0.25) is 0 Å². The van der Waals surface area contributed by atoms with Crippen LogP contribution in [0.15, 0.2) is 50.9 Å². The normalized spacial score (nSPS) is 27.2. The Bertz CT molecular complexity index is 661. The molecule has 1 fully saturated rings. The fourth-order valence-electron chi connectivity index (χ4n) is 1.96. The van der Waals surface area contributed by atoms with Crippen molar-refractivity contribution < 1.29 is 24.5 Å². The zero-order valence-electron chi connectivity index (χ0n) is 11.4. The summed E-state index contributed by atoms with van der Waals surface area (Å²) >= 11 is 0. The molecule has 3 rings (SSSR count). The molecule has 4 N–H and O–H groups in total. The van der Waals surface area contributed by atoms with E-state index in [1.807, 2.05) is 17.1 Å². The van der Waals surface area contributed by atoms with E-state index in [0.29, 0.717) is 0 Å². The molecule has 4 atom stereocenters. The van der Waals surface area contributed by atoms with Gasteiger partial charge in [0.2, 0.25) is 0 Å². The van der Waals surface area contributed by atoms with Gasteiger partial charge < -0.3 is 24.5 Å². The Balaban J connectivity index is 0.000000299. The van der Waals surface area contributed by atoms with Gasteiger partial charge in [0.1, 0.15) is 18.3 Å². The van der Waals surface area contributed by atoms with Gasteiger partial charge in [-0.15, -0.1) is 0 Å². The van der Waals surface area contributed by atoms with Crippen molar-refractivity contribution in [3.8, 4) is 0 Å². The molecule has 0 saturated carbocycles. The zero-order chi connectivity index (χ0) is 16.1. The van der Waals surface area contributed by atoms with Crippen molar-refractivity contribution in [2.24, 2.45) is 0 Å². The Hall–Kier alpha value is -2.20. The number of nitrogens with zero attached hydrogens (tertiary/aromatic N) is 1. The summed E-state index contributed by atoms with van der Waals surface area (Å²) in [6.07, 6.45) is -0.332. The van der Waals surface area contributed by atoms with Gasteiger partial charge in [0.15, 0.2) is 6.23 Å². The summed E-state index contributed by atoms with van der Waals surface area (Å²) in [5.74, 6) is 0. The highest BCUT2D eigenvalue weighted by Gasteiger charge is 2.43. The lowest BCUT2D eigenvalue weighted by Crippen LogP contribution is -2.37. The molecular weight excluding hydrogens is 296 g/mol. The summed E-state index contributed by atoms with van der Waals surface area (Å²) in [4.78, 5) is 24.3. The van der Waals surface area contributed by atoms with E-state index in [1.54, 1.807) is 12.5 Å². The molecule has 2 aromatic heterocycles. The van der Waals surface area contributed by atoms with E-state index in [4.69, 9.17) is 9.84 Å². The fraction of sp³-hybridized carbons (Fsp3) is 0.385. The van der Waals surface area contributed by atoms with Crippen molar-refractivity contribution in [2.75, 3.05) is 6.61 Å². The first-order valence-corrected chi connectivity index (χ1v) is 6.45. The van der Waals surface area contributed by atoms with Gasteiger partial charge in [-0.05, 0) is 12.1 Å². The number of furan rings is 1. The molecule has 2 aromatic rings. The lowest BCUT2D eigenvalue weighted by Gasteiger charge is -2.16. The summed E-state index contributed by atoms with van der Waals surface area (Å²) in [7, 11) is 0. The maximum atomic E-state index is 11.4. The molecule has 120 valence electrons. The van der Waals surface area contributed by atoms with Crippen molar-refractivity contribution in [3.63, 3.8) is 0 Å². The maximum absolute atomic E-state index is 11.4. The molecule has 0 unspecified atom stereocenters. The molecule has 0 aliphatic carbocycles. The summed E-state index contributed by atoms with van der Waals surface area (Å²) in [5.41, 5.74) is -1.33. The van der Waals surface area contributed by atoms with Crippen molar-refractivity contribution in [2.45, 2.75) is 24.5 Å². The minimum Gasteiger partial charge on any atom is -0.473 e.